The zero-order valence-electron chi connectivity index (χ0n) is 8.65. The Labute approximate surface area is 83.1 Å². The molecule has 0 spiro atoms. The van der Waals surface area contributed by atoms with Crippen molar-refractivity contribution in [2.24, 2.45) is 5.92 Å². The first-order chi connectivity index (χ1) is 6.57. The zero-order chi connectivity index (χ0) is 10.5. The van der Waals surface area contributed by atoms with Gasteiger partial charge in [0.15, 0.2) is 0 Å². The Bertz CT molecular complexity index is 335. The summed E-state index contributed by atoms with van der Waals surface area (Å²) in [6.07, 6.45) is 2.52. The zero-order valence-corrected chi connectivity index (χ0v) is 8.65. The number of rotatable bonds is 1. The molecular formula is C10H14N2O2. The van der Waals surface area contributed by atoms with E-state index in [0.717, 1.165) is 5.70 Å². The molecular weight excluding hydrogens is 180 g/mol. The van der Waals surface area contributed by atoms with Crippen LogP contribution in [0.3, 0.4) is 0 Å². The van der Waals surface area contributed by atoms with Crippen molar-refractivity contribution >= 4 is 11.8 Å². The smallest absolute Gasteiger partial charge is 0.258 e. The van der Waals surface area contributed by atoms with E-state index in [-0.39, 0.29) is 17.9 Å². The minimum atomic E-state index is -0.457. The van der Waals surface area contributed by atoms with Gasteiger partial charge in [-0.1, -0.05) is 6.92 Å². The van der Waals surface area contributed by atoms with Gasteiger partial charge in [-0.05, 0) is 26.3 Å². The van der Waals surface area contributed by atoms with Crippen molar-refractivity contribution in [3.63, 3.8) is 0 Å². The van der Waals surface area contributed by atoms with E-state index in [2.05, 4.69) is 0 Å². The van der Waals surface area contributed by atoms with Crippen LogP contribution in [0.15, 0.2) is 11.8 Å². The second kappa shape index (κ2) is 2.83. The Morgan fingerprint density at radius 1 is 1.36 bits per heavy atom. The molecule has 2 rings (SSSR count). The van der Waals surface area contributed by atoms with Crippen molar-refractivity contribution < 1.29 is 9.59 Å². The quantitative estimate of drug-likeness (QED) is 0.582. The van der Waals surface area contributed by atoms with Crippen LogP contribution in [0, 0.1) is 5.92 Å². The Morgan fingerprint density at radius 2 is 2.00 bits per heavy atom. The van der Waals surface area contributed by atoms with E-state index in [1.807, 2.05) is 26.8 Å². The van der Waals surface area contributed by atoms with Gasteiger partial charge in [0.05, 0.1) is 6.04 Å². The van der Waals surface area contributed by atoms with Crippen molar-refractivity contribution in [3.8, 4) is 0 Å². The molecule has 2 amide bonds. The Kier molecular flexibility index (Phi) is 1.87. The summed E-state index contributed by atoms with van der Waals surface area (Å²) in [5.74, 6) is -0.588. The second-order valence-electron chi connectivity index (χ2n) is 3.84. The summed E-state index contributed by atoms with van der Waals surface area (Å²) >= 11 is 0. The van der Waals surface area contributed by atoms with Gasteiger partial charge in [-0.25, -0.2) is 10.0 Å². The highest BCUT2D eigenvalue weighted by Gasteiger charge is 2.49. The van der Waals surface area contributed by atoms with Gasteiger partial charge in [0.2, 0.25) is 0 Å². The maximum Gasteiger partial charge on any atom is 0.258 e. The lowest BCUT2D eigenvalue weighted by Crippen LogP contribution is -2.39. The standard InChI is InChI=1S/C10H14N2O2/c1-4-8-9(13)11-6(2)5-7(3)12(11)10(8)14/h5-6,8H,4H2,1-3H3. The van der Waals surface area contributed by atoms with Crippen molar-refractivity contribution in [1.29, 1.82) is 0 Å². The lowest BCUT2D eigenvalue weighted by atomic mass is 10.1. The van der Waals surface area contributed by atoms with Crippen LogP contribution in [0.25, 0.3) is 0 Å². The summed E-state index contributed by atoms with van der Waals surface area (Å²) in [5, 5.41) is 3.08. The van der Waals surface area contributed by atoms with E-state index >= 15 is 0 Å². The fraction of sp³-hybridized carbons (Fsp3) is 0.600. The SMILES string of the molecule is CCC1C(=O)N2C(C)=CC(C)N2C1=O. The molecule has 4 heteroatoms. The minimum absolute atomic E-state index is 0.0167. The molecule has 0 aromatic rings. The third-order valence-corrected chi connectivity index (χ3v) is 2.86. The Balaban J connectivity index is 2.38. The molecule has 0 radical (unpaired) electrons. The van der Waals surface area contributed by atoms with Crippen LogP contribution in [-0.4, -0.2) is 27.9 Å². The number of fused-ring (bicyclic) bond motifs is 1. The summed E-state index contributed by atoms with van der Waals surface area (Å²) in [6.45, 7) is 5.65. The van der Waals surface area contributed by atoms with Crippen LogP contribution in [-0.2, 0) is 9.59 Å². The Hall–Kier alpha value is -1.32. The van der Waals surface area contributed by atoms with Crippen LogP contribution in [0.1, 0.15) is 27.2 Å². The molecule has 14 heavy (non-hydrogen) atoms. The largest absolute Gasteiger partial charge is 0.272 e. The molecule has 1 fully saturated rings. The molecule has 0 aromatic carbocycles. The number of carbonyl (C=O) groups is 2. The third-order valence-electron chi connectivity index (χ3n) is 2.86. The summed E-state index contributed by atoms with van der Waals surface area (Å²) < 4.78 is 0. The fourth-order valence-electron chi connectivity index (χ4n) is 2.18. The lowest BCUT2D eigenvalue weighted by Gasteiger charge is -2.23. The normalized spacial score (nSPS) is 31.2. The summed E-state index contributed by atoms with van der Waals surface area (Å²) in [6, 6.07) is 0.0167. The minimum Gasteiger partial charge on any atom is -0.272 e. The molecule has 0 bridgehead atoms. The van der Waals surface area contributed by atoms with E-state index in [4.69, 9.17) is 0 Å². The van der Waals surface area contributed by atoms with Crippen LogP contribution < -0.4 is 0 Å². The molecule has 2 atom stereocenters. The van der Waals surface area contributed by atoms with Gasteiger partial charge in [0.1, 0.15) is 5.92 Å². The van der Waals surface area contributed by atoms with Gasteiger partial charge in [-0.15, -0.1) is 0 Å². The van der Waals surface area contributed by atoms with Crippen molar-refractivity contribution in [2.45, 2.75) is 33.2 Å². The van der Waals surface area contributed by atoms with E-state index in [9.17, 15) is 9.59 Å². The number of carbonyl (C=O) groups excluding carboxylic acids is 2. The number of amides is 2. The molecule has 2 aliphatic rings. The molecule has 1 saturated heterocycles. The molecule has 0 saturated carbocycles. The molecule has 2 heterocycles. The van der Waals surface area contributed by atoms with Gasteiger partial charge in [0, 0.05) is 5.70 Å². The molecule has 76 valence electrons. The van der Waals surface area contributed by atoms with Crippen LogP contribution in [0.5, 0.6) is 0 Å². The monoisotopic (exact) mass is 194 g/mol. The van der Waals surface area contributed by atoms with Gasteiger partial charge in [-0.3, -0.25) is 9.59 Å². The first-order valence-corrected chi connectivity index (χ1v) is 4.93. The number of hydrazine groups is 1. The molecule has 0 aliphatic carbocycles. The van der Waals surface area contributed by atoms with Crippen molar-refractivity contribution in [2.75, 3.05) is 0 Å². The maximum absolute atomic E-state index is 11.8. The molecule has 0 aromatic heterocycles. The predicted octanol–water partition coefficient (Wildman–Crippen LogP) is 0.904. The fourth-order valence-corrected chi connectivity index (χ4v) is 2.18. The number of hydrogen-bond acceptors (Lipinski definition) is 2. The first-order valence-electron chi connectivity index (χ1n) is 4.93. The van der Waals surface area contributed by atoms with Crippen molar-refractivity contribution in [1.82, 2.24) is 10.0 Å². The highest BCUT2D eigenvalue weighted by atomic mass is 16.2. The maximum atomic E-state index is 11.8. The average Bonchev–Trinajstić information content (AvgIpc) is 2.53. The van der Waals surface area contributed by atoms with Gasteiger partial charge >= 0.3 is 0 Å². The average molecular weight is 194 g/mol. The van der Waals surface area contributed by atoms with Crippen LogP contribution in [0.4, 0.5) is 0 Å². The number of nitrogens with zero attached hydrogens (tertiary/aromatic N) is 2. The van der Waals surface area contributed by atoms with E-state index in [1.54, 1.807) is 5.01 Å². The van der Waals surface area contributed by atoms with E-state index in [1.165, 1.54) is 5.01 Å². The van der Waals surface area contributed by atoms with Crippen molar-refractivity contribution in [3.05, 3.63) is 11.8 Å². The van der Waals surface area contributed by atoms with Gasteiger partial charge in [-0.2, -0.15) is 0 Å². The summed E-state index contributed by atoms with van der Waals surface area (Å²) in [5.41, 5.74) is 0.867. The van der Waals surface area contributed by atoms with E-state index < -0.39 is 5.92 Å². The lowest BCUT2D eigenvalue weighted by molar-refractivity contribution is -0.142. The Morgan fingerprint density at radius 3 is 2.50 bits per heavy atom. The highest BCUT2D eigenvalue weighted by molar-refractivity contribution is 6.06. The van der Waals surface area contributed by atoms with Crippen LogP contribution in [0.2, 0.25) is 0 Å². The van der Waals surface area contributed by atoms with Crippen LogP contribution >= 0.6 is 0 Å². The molecule has 2 unspecified atom stereocenters. The number of allylic oxidation sites excluding steroid dienone is 1. The van der Waals surface area contributed by atoms with Gasteiger partial charge < -0.3 is 0 Å². The number of hydrogen-bond donors (Lipinski definition) is 0. The third kappa shape index (κ3) is 0.937. The molecule has 2 aliphatic heterocycles. The highest BCUT2D eigenvalue weighted by Crippen LogP contribution is 2.33. The van der Waals surface area contributed by atoms with Gasteiger partial charge in [0.25, 0.3) is 11.8 Å². The molecule has 0 N–H and O–H groups in total. The van der Waals surface area contributed by atoms with E-state index in [0.29, 0.717) is 6.42 Å². The topological polar surface area (TPSA) is 40.6 Å². The summed E-state index contributed by atoms with van der Waals surface area (Å²) in [7, 11) is 0. The second-order valence-corrected chi connectivity index (χ2v) is 3.84. The first kappa shape index (κ1) is 9.24. The summed E-state index contributed by atoms with van der Waals surface area (Å²) in [4.78, 5) is 23.6. The molecule has 4 nitrogen and oxygen atoms in total. The predicted molar refractivity (Wildman–Crippen MR) is 50.7 cm³/mol.